The number of alkyl halides is 3. The molecule has 0 saturated heterocycles. The molecule has 96 valence electrons. The highest BCUT2D eigenvalue weighted by Crippen LogP contribution is 2.14. The molecule has 5 nitrogen and oxygen atoms in total. The molecule has 0 spiro atoms. The van der Waals surface area contributed by atoms with Crippen molar-refractivity contribution in [2.24, 2.45) is 0 Å². The van der Waals surface area contributed by atoms with E-state index >= 15 is 0 Å². The first-order valence-electron chi connectivity index (χ1n) is 4.14. The average molecular weight is 290 g/mol. The van der Waals surface area contributed by atoms with Gasteiger partial charge in [-0.25, -0.2) is 4.98 Å². The summed E-state index contributed by atoms with van der Waals surface area (Å²) in [4.78, 5) is 3.57. The zero-order valence-corrected chi connectivity index (χ0v) is 9.70. The van der Waals surface area contributed by atoms with Crippen LogP contribution >= 0.6 is 11.6 Å². The lowest BCUT2D eigenvalue weighted by molar-refractivity contribution is -0.121. The third kappa shape index (κ3) is 5.71. The van der Waals surface area contributed by atoms with Gasteiger partial charge in [0.25, 0.3) is 0 Å². The van der Waals surface area contributed by atoms with Crippen LogP contribution in [0, 0.1) is 0 Å². The van der Waals surface area contributed by atoms with Crippen LogP contribution in [-0.4, -0.2) is 26.1 Å². The summed E-state index contributed by atoms with van der Waals surface area (Å²) < 4.78 is 60.8. The van der Waals surface area contributed by atoms with Crippen LogP contribution in [0.3, 0.4) is 0 Å². The van der Waals surface area contributed by atoms with Crippen molar-refractivity contribution in [1.29, 1.82) is 0 Å². The van der Waals surface area contributed by atoms with Crippen LogP contribution in [0.4, 0.5) is 19.0 Å². The third-order valence-electron chi connectivity index (χ3n) is 1.42. The Balaban J connectivity index is 2.67. The van der Waals surface area contributed by atoms with E-state index in [4.69, 9.17) is 11.6 Å². The van der Waals surface area contributed by atoms with Gasteiger partial charge in [0, 0.05) is 17.3 Å². The van der Waals surface area contributed by atoms with Gasteiger partial charge in [-0.15, -0.1) is 0 Å². The summed E-state index contributed by atoms with van der Waals surface area (Å²) in [5.74, 6) is -0.174. The molecule has 0 saturated carbocycles. The number of nitrogens with zero attached hydrogens (tertiary/aromatic N) is 1. The van der Waals surface area contributed by atoms with E-state index in [2.05, 4.69) is 4.98 Å². The van der Waals surface area contributed by atoms with E-state index < -0.39 is 22.9 Å². The first kappa shape index (κ1) is 14.0. The Morgan fingerprint density at radius 3 is 2.59 bits per heavy atom. The van der Waals surface area contributed by atoms with Crippen LogP contribution in [0.2, 0.25) is 5.02 Å². The standard InChI is InChI=1S/C7H7ClF3N3O2S/c8-5-1-2-12-6(3-5)14-17(15,16)13-4-7(9,10)11/h1-3,13H,4H2,(H,12,14). The van der Waals surface area contributed by atoms with Crippen molar-refractivity contribution in [1.82, 2.24) is 9.71 Å². The maximum absolute atomic E-state index is 11.8. The summed E-state index contributed by atoms with van der Waals surface area (Å²) in [5, 5.41) is 0.202. The number of rotatable bonds is 4. The summed E-state index contributed by atoms with van der Waals surface area (Å²) in [6, 6.07) is 2.55. The summed E-state index contributed by atoms with van der Waals surface area (Å²) in [6.45, 7) is -1.66. The fourth-order valence-corrected chi connectivity index (χ4v) is 1.78. The topological polar surface area (TPSA) is 71.1 Å². The van der Waals surface area contributed by atoms with Crippen molar-refractivity contribution < 1.29 is 21.6 Å². The van der Waals surface area contributed by atoms with Crippen molar-refractivity contribution >= 4 is 27.6 Å². The maximum atomic E-state index is 11.8. The van der Waals surface area contributed by atoms with Gasteiger partial charge in [0.15, 0.2) is 0 Å². The Hall–Kier alpha value is -1.06. The van der Waals surface area contributed by atoms with E-state index in [1.807, 2.05) is 0 Å². The molecule has 17 heavy (non-hydrogen) atoms. The molecule has 0 fully saturated rings. The van der Waals surface area contributed by atoms with E-state index in [1.54, 1.807) is 4.72 Å². The molecular weight excluding hydrogens is 283 g/mol. The number of halogens is 4. The molecule has 0 bridgehead atoms. The second kappa shape index (κ2) is 5.07. The van der Waals surface area contributed by atoms with Crippen molar-refractivity contribution in [3.05, 3.63) is 23.4 Å². The molecule has 10 heteroatoms. The molecule has 0 unspecified atom stereocenters. The minimum absolute atomic E-state index is 0.174. The number of nitrogens with one attached hydrogen (secondary N) is 2. The largest absolute Gasteiger partial charge is 0.402 e. The number of hydrogen-bond donors (Lipinski definition) is 2. The van der Waals surface area contributed by atoms with Crippen molar-refractivity contribution in [2.45, 2.75) is 6.18 Å². The Morgan fingerprint density at radius 1 is 1.41 bits per heavy atom. The summed E-state index contributed by atoms with van der Waals surface area (Å²) in [7, 11) is -4.33. The van der Waals surface area contributed by atoms with Gasteiger partial charge in [-0.3, -0.25) is 4.72 Å². The van der Waals surface area contributed by atoms with Gasteiger partial charge in [0.05, 0.1) is 0 Å². The van der Waals surface area contributed by atoms with E-state index in [-0.39, 0.29) is 10.8 Å². The van der Waals surface area contributed by atoms with Gasteiger partial charge in [0.2, 0.25) is 0 Å². The highest BCUT2D eigenvalue weighted by Gasteiger charge is 2.29. The van der Waals surface area contributed by atoms with Gasteiger partial charge in [-0.05, 0) is 6.07 Å². The Morgan fingerprint density at radius 2 is 2.06 bits per heavy atom. The molecule has 2 N–H and O–H groups in total. The van der Waals surface area contributed by atoms with Crippen LogP contribution in [-0.2, 0) is 10.2 Å². The van der Waals surface area contributed by atoms with Crippen molar-refractivity contribution in [2.75, 3.05) is 11.3 Å². The molecule has 0 aliphatic heterocycles. The first-order chi connectivity index (χ1) is 7.68. The lowest BCUT2D eigenvalue weighted by Crippen LogP contribution is -2.37. The third-order valence-corrected chi connectivity index (χ3v) is 2.66. The number of pyridine rings is 1. The summed E-state index contributed by atoms with van der Waals surface area (Å²) >= 11 is 5.55. The SMILES string of the molecule is O=S(=O)(NCC(F)(F)F)Nc1cc(Cl)ccn1. The first-order valence-corrected chi connectivity index (χ1v) is 6.00. The number of anilines is 1. The van der Waals surface area contributed by atoms with Gasteiger partial charge < -0.3 is 0 Å². The Bertz CT molecular complexity index is 491. The minimum atomic E-state index is -4.63. The predicted octanol–water partition coefficient (Wildman–Crippen LogP) is 1.54. The second-order valence-corrected chi connectivity index (χ2v) is 4.84. The average Bonchev–Trinajstić information content (AvgIpc) is 2.13. The van der Waals surface area contributed by atoms with Gasteiger partial charge >= 0.3 is 16.4 Å². The molecule has 0 atom stereocenters. The summed E-state index contributed by atoms with van der Waals surface area (Å²) in [5.41, 5.74) is 0. The monoisotopic (exact) mass is 289 g/mol. The van der Waals surface area contributed by atoms with E-state index in [9.17, 15) is 21.6 Å². The molecule has 1 rings (SSSR count). The molecule has 1 heterocycles. The van der Waals surface area contributed by atoms with Gasteiger partial charge in [-0.2, -0.15) is 26.3 Å². The molecule has 0 aliphatic carbocycles. The Labute approximate surface area is 100 Å². The van der Waals surface area contributed by atoms with Crippen LogP contribution in [0.15, 0.2) is 18.3 Å². The van der Waals surface area contributed by atoms with Gasteiger partial charge in [0.1, 0.15) is 12.4 Å². The maximum Gasteiger partial charge on any atom is 0.402 e. The molecule has 0 amide bonds. The van der Waals surface area contributed by atoms with E-state index in [1.165, 1.54) is 17.0 Å². The molecular formula is C7H7ClF3N3O2S. The number of aromatic nitrogens is 1. The molecule has 1 aromatic heterocycles. The van der Waals surface area contributed by atoms with Crippen LogP contribution in [0.1, 0.15) is 0 Å². The smallest absolute Gasteiger partial charge is 0.255 e. The predicted molar refractivity (Wildman–Crippen MR) is 55.8 cm³/mol. The van der Waals surface area contributed by atoms with Crippen LogP contribution in [0.5, 0.6) is 0 Å². The second-order valence-electron chi connectivity index (χ2n) is 2.90. The van der Waals surface area contributed by atoms with E-state index in [0.29, 0.717) is 0 Å². The Kier molecular flexibility index (Phi) is 4.17. The fourth-order valence-electron chi connectivity index (χ4n) is 0.811. The number of hydrogen-bond acceptors (Lipinski definition) is 3. The molecule has 0 aromatic carbocycles. The summed E-state index contributed by atoms with van der Waals surface area (Å²) in [6.07, 6.45) is -3.42. The fraction of sp³-hybridized carbons (Fsp3) is 0.286. The minimum Gasteiger partial charge on any atom is -0.255 e. The van der Waals surface area contributed by atoms with Crippen LogP contribution in [0.25, 0.3) is 0 Å². The zero-order valence-electron chi connectivity index (χ0n) is 8.12. The molecule has 0 aliphatic rings. The lowest BCUT2D eigenvalue weighted by atomic mass is 10.5. The highest BCUT2D eigenvalue weighted by atomic mass is 35.5. The molecule has 0 radical (unpaired) electrons. The lowest BCUT2D eigenvalue weighted by Gasteiger charge is -2.10. The zero-order chi connectivity index (χ0) is 13.1. The molecule has 1 aromatic rings. The quantitative estimate of drug-likeness (QED) is 0.883. The van der Waals surface area contributed by atoms with Crippen molar-refractivity contribution in [3.8, 4) is 0 Å². The highest BCUT2D eigenvalue weighted by molar-refractivity contribution is 7.90. The van der Waals surface area contributed by atoms with E-state index in [0.717, 1.165) is 6.07 Å². The van der Waals surface area contributed by atoms with Gasteiger partial charge in [-0.1, -0.05) is 11.6 Å². The van der Waals surface area contributed by atoms with Crippen molar-refractivity contribution in [3.63, 3.8) is 0 Å². The van der Waals surface area contributed by atoms with Crippen LogP contribution < -0.4 is 9.44 Å². The normalized spacial score (nSPS) is 12.5.